The van der Waals surface area contributed by atoms with Crippen LogP contribution in [0.4, 0.5) is 13.2 Å². The van der Waals surface area contributed by atoms with E-state index in [0.29, 0.717) is 23.1 Å². The molecule has 3 aromatic rings. The summed E-state index contributed by atoms with van der Waals surface area (Å²) in [5, 5.41) is 0. The monoisotopic (exact) mass is 626 g/mol. The quantitative estimate of drug-likeness (QED) is 0.116. The van der Waals surface area contributed by atoms with Crippen molar-refractivity contribution in [3.8, 4) is 22.3 Å². The van der Waals surface area contributed by atoms with Gasteiger partial charge >= 0.3 is 0 Å². The van der Waals surface area contributed by atoms with Crippen LogP contribution in [0.1, 0.15) is 121 Å². The van der Waals surface area contributed by atoms with Crippen LogP contribution in [0.3, 0.4) is 0 Å². The molecule has 0 nitrogen and oxygen atoms in total. The predicted octanol–water partition coefficient (Wildman–Crippen LogP) is 13.7. The van der Waals surface area contributed by atoms with Crippen LogP contribution in [0.5, 0.6) is 0 Å². The summed E-state index contributed by atoms with van der Waals surface area (Å²) in [4.78, 5) is 0. The van der Waals surface area contributed by atoms with E-state index in [1.54, 1.807) is 30.3 Å². The zero-order valence-electron chi connectivity index (χ0n) is 27.9. The highest BCUT2D eigenvalue weighted by atomic mass is 19.2. The summed E-state index contributed by atoms with van der Waals surface area (Å²) in [5.74, 6) is 0.685. The summed E-state index contributed by atoms with van der Waals surface area (Å²) in [7, 11) is 0. The summed E-state index contributed by atoms with van der Waals surface area (Å²) in [6, 6.07) is 16.2. The molecule has 246 valence electrons. The second-order valence-electron chi connectivity index (χ2n) is 14.0. The Labute approximate surface area is 276 Å². The van der Waals surface area contributed by atoms with Crippen molar-refractivity contribution >= 4 is 5.57 Å². The van der Waals surface area contributed by atoms with Gasteiger partial charge in [-0.25, -0.2) is 13.2 Å². The summed E-state index contributed by atoms with van der Waals surface area (Å²) >= 11 is 0. The number of allylic oxidation sites excluding steroid dienone is 3. The van der Waals surface area contributed by atoms with Crippen LogP contribution in [0.2, 0.25) is 0 Å². The van der Waals surface area contributed by atoms with Gasteiger partial charge in [0.25, 0.3) is 0 Å². The zero-order chi connectivity index (χ0) is 32.3. The Balaban J connectivity index is 1.16. The number of benzene rings is 3. The second-order valence-corrected chi connectivity index (χ2v) is 14.0. The van der Waals surface area contributed by atoms with E-state index in [1.165, 1.54) is 57.8 Å². The van der Waals surface area contributed by atoms with Crippen molar-refractivity contribution in [3.63, 3.8) is 0 Å². The molecule has 3 heteroatoms. The molecule has 2 aliphatic carbocycles. The minimum Gasteiger partial charge on any atom is -0.206 e. The number of hydrogen-bond donors (Lipinski definition) is 0. The van der Waals surface area contributed by atoms with Crippen molar-refractivity contribution in [3.05, 3.63) is 102 Å². The number of hydrogen-bond acceptors (Lipinski definition) is 0. The summed E-state index contributed by atoms with van der Waals surface area (Å²) in [5.41, 5.74) is 4.81. The molecular formula is C43H53F3. The van der Waals surface area contributed by atoms with Gasteiger partial charge in [0.1, 0.15) is 5.82 Å². The fraction of sp³-hybridized carbons (Fsp3) is 0.488. The van der Waals surface area contributed by atoms with E-state index < -0.39 is 11.6 Å². The lowest BCUT2D eigenvalue weighted by Crippen LogP contribution is -2.23. The highest BCUT2D eigenvalue weighted by molar-refractivity contribution is 5.74. The Morgan fingerprint density at radius 1 is 0.696 bits per heavy atom. The molecule has 1 atom stereocenters. The van der Waals surface area contributed by atoms with Crippen LogP contribution in [-0.4, -0.2) is 0 Å². The molecule has 0 N–H and O–H groups in total. The third-order valence-corrected chi connectivity index (χ3v) is 10.8. The van der Waals surface area contributed by atoms with Gasteiger partial charge in [-0.15, -0.1) is 6.58 Å². The maximum atomic E-state index is 15.4. The average molecular weight is 627 g/mol. The molecule has 0 radical (unpaired) electrons. The van der Waals surface area contributed by atoms with E-state index in [9.17, 15) is 4.39 Å². The van der Waals surface area contributed by atoms with E-state index in [0.717, 1.165) is 79.4 Å². The SMILES string of the molecule is C=CCCC1CCC(C2CC=C(c3ccc(-c4ccc(-c5ccc(CCCCCCCCC)c(F)c5F)cc4)cc3F)CC2)CC1. The summed E-state index contributed by atoms with van der Waals surface area (Å²) < 4.78 is 45.5. The van der Waals surface area contributed by atoms with Crippen molar-refractivity contribution in [2.24, 2.45) is 17.8 Å². The molecule has 0 aliphatic heterocycles. The molecule has 46 heavy (non-hydrogen) atoms. The normalized spacial score (nSPS) is 20.0. The van der Waals surface area contributed by atoms with Crippen LogP contribution in [-0.2, 0) is 6.42 Å². The Hall–Kier alpha value is -3.07. The van der Waals surface area contributed by atoms with Crippen molar-refractivity contribution in [1.82, 2.24) is 0 Å². The van der Waals surface area contributed by atoms with Gasteiger partial charge in [0.05, 0.1) is 0 Å². The van der Waals surface area contributed by atoms with Crippen LogP contribution in [0.15, 0.2) is 73.3 Å². The first-order chi connectivity index (χ1) is 22.5. The lowest BCUT2D eigenvalue weighted by molar-refractivity contribution is 0.190. The molecule has 1 fully saturated rings. The fourth-order valence-electron chi connectivity index (χ4n) is 7.90. The van der Waals surface area contributed by atoms with Crippen LogP contribution in [0.25, 0.3) is 27.8 Å². The maximum Gasteiger partial charge on any atom is 0.166 e. The van der Waals surface area contributed by atoms with Crippen molar-refractivity contribution < 1.29 is 13.2 Å². The molecule has 0 heterocycles. The lowest BCUT2D eigenvalue weighted by atomic mass is 9.70. The van der Waals surface area contributed by atoms with Gasteiger partial charge < -0.3 is 0 Å². The van der Waals surface area contributed by atoms with Gasteiger partial charge in [-0.3, -0.25) is 0 Å². The first-order valence-electron chi connectivity index (χ1n) is 18.2. The minimum absolute atomic E-state index is 0.196. The highest BCUT2D eigenvalue weighted by Gasteiger charge is 2.29. The van der Waals surface area contributed by atoms with E-state index in [-0.39, 0.29) is 11.4 Å². The van der Waals surface area contributed by atoms with Gasteiger partial charge in [0.15, 0.2) is 11.6 Å². The third kappa shape index (κ3) is 8.84. The van der Waals surface area contributed by atoms with Crippen LogP contribution >= 0.6 is 0 Å². The smallest absolute Gasteiger partial charge is 0.166 e. The molecule has 0 spiro atoms. The van der Waals surface area contributed by atoms with Crippen LogP contribution in [0, 0.1) is 35.2 Å². The van der Waals surface area contributed by atoms with Gasteiger partial charge in [0, 0.05) is 11.1 Å². The Kier molecular flexibility index (Phi) is 12.8. The van der Waals surface area contributed by atoms with E-state index in [2.05, 4.69) is 19.6 Å². The molecule has 5 rings (SSSR count). The molecule has 1 saturated carbocycles. The Bertz CT molecular complexity index is 1440. The summed E-state index contributed by atoms with van der Waals surface area (Å²) in [6.45, 7) is 6.08. The molecular weight excluding hydrogens is 573 g/mol. The molecule has 0 aromatic heterocycles. The first kappa shape index (κ1) is 34.3. The maximum absolute atomic E-state index is 15.4. The van der Waals surface area contributed by atoms with Crippen molar-refractivity contribution in [2.75, 3.05) is 0 Å². The Morgan fingerprint density at radius 2 is 1.37 bits per heavy atom. The van der Waals surface area contributed by atoms with Crippen LogP contribution < -0.4 is 0 Å². The summed E-state index contributed by atoms with van der Waals surface area (Å²) in [6.07, 6.45) is 23.9. The molecule has 0 bridgehead atoms. The number of aryl methyl sites for hydroxylation is 1. The molecule has 0 saturated heterocycles. The average Bonchev–Trinajstić information content (AvgIpc) is 3.09. The second kappa shape index (κ2) is 17.2. The minimum atomic E-state index is -0.789. The topological polar surface area (TPSA) is 0 Å². The number of rotatable bonds is 15. The standard InChI is InChI=1S/C43H53F3/c1-3-5-7-8-9-10-11-13-37-26-29-40(43(46)42(37)45)36-24-20-34(21-25-36)38-27-28-39(41(44)30-38)35-22-18-33(19-23-35)32-16-14-31(15-17-32)12-6-4-2/h4,20-22,24-33H,2-3,5-19,23H2,1H3. The highest BCUT2D eigenvalue weighted by Crippen LogP contribution is 2.42. The number of unbranched alkanes of at least 4 members (excludes halogenated alkanes) is 6. The van der Waals surface area contributed by atoms with Gasteiger partial charge in [-0.2, -0.15) is 0 Å². The fourth-order valence-corrected chi connectivity index (χ4v) is 7.90. The lowest BCUT2D eigenvalue weighted by Gasteiger charge is -2.35. The predicted molar refractivity (Wildman–Crippen MR) is 189 cm³/mol. The largest absolute Gasteiger partial charge is 0.206 e. The van der Waals surface area contributed by atoms with E-state index in [1.807, 2.05) is 30.3 Å². The third-order valence-electron chi connectivity index (χ3n) is 10.8. The van der Waals surface area contributed by atoms with Gasteiger partial charge in [-0.05, 0) is 109 Å². The van der Waals surface area contributed by atoms with Crippen molar-refractivity contribution in [1.29, 1.82) is 0 Å². The van der Waals surface area contributed by atoms with E-state index in [4.69, 9.17) is 0 Å². The molecule has 0 amide bonds. The van der Waals surface area contributed by atoms with Gasteiger partial charge in [0.2, 0.25) is 0 Å². The molecule has 3 aromatic carbocycles. The Morgan fingerprint density at radius 3 is 2.04 bits per heavy atom. The van der Waals surface area contributed by atoms with Crippen molar-refractivity contribution in [2.45, 2.75) is 116 Å². The van der Waals surface area contributed by atoms with E-state index >= 15 is 8.78 Å². The van der Waals surface area contributed by atoms with Gasteiger partial charge in [-0.1, -0.05) is 119 Å². The molecule has 2 aliphatic rings. The molecule has 1 unspecified atom stereocenters. The first-order valence-corrected chi connectivity index (χ1v) is 18.2. The number of halogens is 3. The zero-order valence-corrected chi connectivity index (χ0v) is 27.9.